The minimum Gasteiger partial charge on any atom is -0.316 e. The molecule has 1 heterocycles. The Balaban J connectivity index is 0.00000243. The molecular weight excluding hydrogens is 370 g/mol. The van der Waals surface area contributed by atoms with Crippen molar-refractivity contribution in [2.75, 3.05) is 7.05 Å². The fourth-order valence-corrected chi connectivity index (χ4v) is 4.03. The number of rotatable bonds is 5. The number of aromatic nitrogens is 1. The summed E-state index contributed by atoms with van der Waals surface area (Å²) >= 11 is 0. The Labute approximate surface area is 159 Å². The summed E-state index contributed by atoms with van der Waals surface area (Å²) in [5.74, 6) is 0. The summed E-state index contributed by atoms with van der Waals surface area (Å²) in [4.78, 5) is 0.148. The van der Waals surface area contributed by atoms with Gasteiger partial charge in [0, 0.05) is 12.7 Å². The van der Waals surface area contributed by atoms with Crippen molar-refractivity contribution < 1.29 is 8.42 Å². The average Bonchev–Trinajstić information content (AvgIpc) is 3.08. The van der Waals surface area contributed by atoms with Gasteiger partial charge in [0.15, 0.2) is 0 Å². The van der Waals surface area contributed by atoms with E-state index in [1.54, 1.807) is 6.20 Å². The van der Waals surface area contributed by atoms with Crippen LogP contribution in [0.3, 0.4) is 0 Å². The lowest BCUT2D eigenvalue weighted by atomic mass is 10.1. The quantitative estimate of drug-likeness (QED) is 0.728. The van der Waals surface area contributed by atoms with E-state index >= 15 is 0 Å². The van der Waals surface area contributed by atoms with Gasteiger partial charge in [0.1, 0.15) is 0 Å². The normalized spacial score (nSPS) is 10.8. The Morgan fingerprint density at radius 1 is 1.08 bits per heavy atom. The van der Waals surface area contributed by atoms with Gasteiger partial charge in [-0.15, -0.1) is 12.4 Å². The first-order chi connectivity index (χ1) is 12.1. The first-order valence-corrected chi connectivity index (χ1v) is 9.17. The van der Waals surface area contributed by atoms with Gasteiger partial charge < -0.3 is 5.32 Å². The highest BCUT2D eigenvalue weighted by atomic mass is 35.5. The van der Waals surface area contributed by atoms with Gasteiger partial charge in [0.25, 0.3) is 10.0 Å². The van der Waals surface area contributed by atoms with E-state index in [0.29, 0.717) is 17.8 Å². The van der Waals surface area contributed by atoms with Crippen molar-refractivity contribution in [2.24, 2.45) is 0 Å². The minimum absolute atomic E-state index is 0. The molecule has 0 fully saturated rings. The van der Waals surface area contributed by atoms with E-state index < -0.39 is 10.0 Å². The molecule has 1 N–H and O–H groups in total. The molecule has 0 amide bonds. The first kappa shape index (κ1) is 19.7. The Morgan fingerprint density at radius 2 is 1.73 bits per heavy atom. The third kappa shape index (κ3) is 3.81. The highest BCUT2D eigenvalue weighted by Gasteiger charge is 2.21. The molecule has 3 rings (SSSR count). The standard InChI is InChI=1S/C19H17N3O2S.ClH/c1-21-13-16-11-19(17-5-3-2-4-6-17)22(14-16)25(23,24)18-9-7-15(12-20)8-10-18;/h2-11,14,21H,13H2,1H3;1H. The topological polar surface area (TPSA) is 74.9 Å². The summed E-state index contributed by atoms with van der Waals surface area (Å²) in [6.45, 7) is 0.565. The van der Waals surface area contributed by atoms with Crippen LogP contribution in [-0.4, -0.2) is 19.4 Å². The van der Waals surface area contributed by atoms with Crippen molar-refractivity contribution in [2.45, 2.75) is 11.4 Å². The van der Waals surface area contributed by atoms with Crippen molar-refractivity contribution in [3.8, 4) is 17.3 Å². The van der Waals surface area contributed by atoms with Gasteiger partial charge in [0.2, 0.25) is 0 Å². The molecule has 0 aliphatic rings. The number of nitriles is 1. The van der Waals surface area contributed by atoms with E-state index in [4.69, 9.17) is 5.26 Å². The number of hydrogen-bond acceptors (Lipinski definition) is 4. The summed E-state index contributed by atoms with van der Waals surface area (Å²) in [6, 6.07) is 19.2. The van der Waals surface area contributed by atoms with Crippen molar-refractivity contribution >= 4 is 22.4 Å². The van der Waals surface area contributed by atoms with Gasteiger partial charge in [0.05, 0.1) is 22.2 Å². The van der Waals surface area contributed by atoms with E-state index in [2.05, 4.69) is 5.32 Å². The number of benzene rings is 2. The highest BCUT2D eigenvalue weighted by Crippen LogP contribution is 2.27. The van der Waals surface area contributed by atoms with Gasteiger partial charge in [-0.05, 0) is 48.5 Å². The molecule has 7 heteroatoms. The van der Waals surface area contributed by atoms with Crippen molar-refractivity contribution in [3.05, 3.63) is 78.0 Å². The number of hydrogen-bond donors (Lipinski definition) is 1. The highest BCUT2D eigenvalue weighted by molar-refractivity contribution is 7.90. The van der Waals surface area contributed by atoms with E-state index in [1.807, 2.05) is 49.5 Å². The molecule has 0 aliphatic carbocycles. The van der Waals surface area contributed by atoms with E-state index in [1.165, 1.54) is 28.2 Å². The van der Waals surface area contributed by atoms with Crippen LogP contribution in [0.4, 0.5) is 0 Å². The van der Waals surface area contributed by atoms with Gasteiger partial charge in [-0.1, -0.05) is 30.3 Å². The Hall–Kier alpha value is -2.59. The lowest BCUT2D eigenvalue weighted by molar-refractivity contribution is 0.588. The number of nitrogens with one attached hydrogen (secondary N) is 1. The second kappa shape index (κ2) is 8.19. The molecule has 0 aliphatic heterocycles. The molecule has 2 aromatic carbocycles. The first-order valence-electron chi connectivity index (χ1n) is 7.73. The number of halogens is 1. The Morgan fingerprint density at radius 3 is 2.31 bits per heavy atom. The molecule has 1 aromatic heterocycles. The molecule has 0 bridgehead atoms. The van der Waals surface area contributed by atoms with E-state index in [-0.39, 0.29) is 17.3 Å². The van der Waals surface area contributed by atoms with Gasteiger partial charge in [-0.25, -0.2) is 12.4 Å². The van der Waals surface area contributed by atoms with Crippen LogP contribution in [0.25, 0.3) is 11.3 Å². The molecule has 3 aromatic rings. The van der Waals surface area contributed by atoms with E-state index in [9.17, 15) is 8.42 Å². The van der Waals surface area contributed by atoms with Crippen molar-refractivity contribution in [1.82, 2.24) is 9.29 Å². The van der Waals surface area contributed by atoms with Crippen LogP contribution in [0.15, 0.2) is 71.8 Å². The monoisotopic (exact) mass is 387 g/mol. The summed E-state index contributed by atoms with van der Waals surface area (Å²) in [6.07, 6.45) is 1.63. The molecule has 0 atom stereocenters. The predicted molar refractivity (Wildman–Crippen MR) is 104 cm³/mol. The van der Waals surface area contributed by atoms with Gasteiger partial charge in [-0.2, -0.15) is 5.26 Å². The predicted octanol–water partition coefficient (Wildman–Crippen LogP) is 3.40. The van der Waals surface area contributed by atoms with Crippen LogP contribution in [0.1, 0.15) is 11.1 Å². The van der Waals surface area contributed by atoms with Crippen LogP contribution < -0.4 is 5.32 Å². The SMILES string of the molecule is CNCc1cc(-c2ccccc2)n(S(=O)(=O)c2ccc(C#N)cc2)c1.Cl. The zero-order chi connectivity index (χ0) is 17.9. The van der Waals surface area contributed by atoms with Crippen molar-refractivity contribution in [3.63, 3.8) is 0 Å². The summed E-state index contributed by atoms with van der Waals surface area (Å²) in [7, 11) is -1.95. The summed E-state index contributed by atoms with van der Waals surface area (Å²) < 4.78 is 27.5. The minimum atomic E-state index is -3.76. The van der Waals surface area contributed by atoms with Crippen LogP contribution in [0.2, 0.25) is 0 Å². The molecule has 0 spiro atoms. The Bertz CT molecular complexity index is 1020. The maximum atomic E-state index is 13.1. The van der Waals surface area contributed by atoms with Crippen LogP contribution in [0, 0.1) is 11.3 Å². The molecule has 0 saturated heterocycles. The fourth-order valence-electron chi connectivity index (χ4n) is 2.63. The third-order valence-corrected chi connectivity index (χ3v) is 5.52. The maximum absolute atomic E-state index is 13.1. The molecule has 134 valence electrons. The van der Waals surface area contributed by atoms with Gasteiger partial charge >= 0.3 is 0 Å². The fraction of sp³-hybridized carbons (Fsp3) is 0.105. The molecule has 0 unspecified atom stereocenters. The van der Waals surface area contributed by atoms with Crippen molar-refractivity contribution in [1.29, 1.82) is 5.26 Å². The molecule has 0 saturated carbocycles. The van der Waals surface area contributed by atoms with Crippen LogP contribution in [0.5, 0.6) is 0 Å². The average molecular weight is 388 g/mol. The summed E-state index contributed by atoms with van der Waals surface area (Å²) in [5, 5.41) is 11.9. The Kier molecular flexibility index (Phi) is 6.22. The lowest BCUT2D eigenvalue weighted by Gasteiger charge is -2.10. The third-order valence-electron chi connectivity index (χ3n) is 3.83. The zero-order valence-corrected chi connectivity index (χ0v) is 15.7. The second-order valence-corrected chi connectivity index (χ2v) is 7.38. The largest absolute Gasteiger partial charge is 0.316 e. The van der Waals surface area contributed by atoms with Crippen LogP contribution >= 0.6 is 12.4 Å². The number of nitrogens with zero attached hydrogens (tertiary/aromatic N) is 2. The van der Waals surface area contributed by atoms with Crippen LogP contribution in [-0.2, 0) is 16.6 Å². The lowest BCUT2D eigenvalue weighted by Crippen LogP contribution is -2.13. The summed E-state index contributed by atoms with van der Waals surface area (Å²) in [5.41, 5.74) is 2.72. The molecule has 26 heavy (non-hydrogen) atoms. The van der Waals surface area contributed by atoms with E-state index in [0.717, 1.165) is 11.1 Å². The zero-order valence-electron chi connectivity index (χ0n) is 14.1. The van der Waals surface area contributed by atoms with Gasteiger partial charge in [-0.3, -0.25) is 0 Å². The molecule has 5 nitrogen and oxygen atoms in total. The molecular formula is C19H18ClN3O2S. The smallest absolute Gasteiger partial charge is 0.268 e. The second-order valence-electron chi connectivity index (χ2n) is 5.57. The molecule has 0 radical (unpaired) electrons. The maximum Gasteiger partial charge on any atom is 0.268 e.